The third kappa shape index (κ3) is 4.49. The number of benzene rings is 1. The second-order valence-corrected chi connectivity index (χ2v) is 6.72. The fraction of sp³-hybridized carbons (Fsp3) is 0.400. The zero-order valence-electron chi connectivity index (χ0n) is 15.1. The van der Waals surface area contributed by atoms with Crippen LogP contribution in [-0.2, 0) is 17.8 Å². The summed E-state index contributed by atoms with van der Waals surface area (Å²) in [6.45, 7) is 2.54. The van der Waals surface area contributed by atoms with Gasteiger partial charge < -0.3 is 24.4 Å². The summed E-state index contributed by atoms with van der Waals surface area (Å²) in [5, 5.41) is 3.00. The first-order chi connectivity index (χ1) is 13.3. The Kier molecular flexibility index (Phi) is 5.39. The lowest BCUT2D eigenvalue weighted by molar-refractivity contribution is 0.0794. The lowest BCUT2D eigenvalue weighted by Crippen LogP contribution is -2.43. The van der Waals surface area contributed by atoms with Crippen molar-refractivity contribution in [2.75, 3.05) is 19.9 Å². The lowest BCUT2D eigenvalue weighted by Gasteiger charge is -2.26. The fourth-order valence-electron chi connectivity index (χ4n) is 3.30. The zero-order valence-corrected chi connectivity index (χ0v) is 15.1. The number of amides is 2. The van der Waals surface area contributed by atoms with Gasteiger partial charge in [-0.1, -0.05) is 6.07 Å². The van der Waals surface area contributed by atoms with E-state index in [-0.39, 0.29) is 18.9 Å². The highest BCUT2D eigenvalue weighted by Crippen LogP contribution is 2.32. The molecule has 1 N–H and O–H groups in total. The van der Waals surface area contributed by atoms with E-state index in [9.17, 15) is 4.79 Å². The second kappa shape index (κ2) is 8.26. The molecular formula is C20H23N3O4. The van der Waals surface area contributed by atoms with Crippen molar-refractivity contribution in [3.8, 4) is 11.5 Å². The average molecular weight is 369 g/mol. The highest BCUT2D eigenvalue weighted by molar-refractivity contribution is 5.74. The summed E-state index contributed by atoms with van der Waals surface area (Å²) in [6.07, 6.45) is 5.62. The van der Waals surface area contributed by atoms with Gasteiger partial charge in [-0.15, -0.1) is 0 Å². The molecule has 4 rings (SSSR count). The Hall–Kier alpha value is -2.80. The number of carbonyl (C=O) groups is 1. The minimum atomic E-state index is -0.111. The molecular weight excluding hydrogens is 346 g/mol. The summed E-state index contributed by atoms with van der Waals surface area (Å²) in [5.41, 5.74) is 2.01. The van der Waals surface area contributed by atoms with E-state index in [0.717, 1.165) is 42.1 Å². The number of nitrogens with zero attached hydrogens (tertiary/aromatic N) is 2. The van der Waals surface area contributed by atoms with Crippen LogP contribution >= 0.6 is 0 Å². The van der Waals surface area contributed by atoms with Gasteiger partial charge in [0.25, 0.3) is 0 Å². The molecule has 27 heavy (non-hydrogen) atoms. The molecule has 2 aliphatic heterocycles. The lowest BCUT2D eigenvalue weighted by atomic mass is 10.2. The number of urea groups is 1. The van der Waals surface area contributed by atoms with Gasteiger partial charge in [-0.2, -0.15) is 0 Å². The van der Waals surface area contributed by atoms with Crippen molar-refractivity contribution in [1.29, 1.82) is 0 Å². The molecule has 0 aliphatic carbocycles. The molecule has 1 atom stereocenters. The Morgan fingerprint density at radius 1 is 1.15 bits per heavy atom. The maximum atomic E-state index is 12.8. The predicted octanol–water partition coefficient (Wildman–Crippen LogP) is 2.70. The number of aromatic nitrogens is 1. The molecule has 0 spiro atoms. The van der Waals surface area contributed by atoms with Gasteiger partial charge in [0.1, 0.15) is 0 Å². The van der Waals surface area contributed by atoms with E-state index in [1.165, 1.54) is 0 Å². The largest absolute Gasteiger partial charge is 0.454 e. The summed E-state index contributed by atoms with van der Waals surface area (Å²) in [5.74, 6) is 1.46. The van der Waals surface area contributed by atoms with Crippen molar-refractivity contribution in [1.82, 2.24) is 15.2 Å². The van der Waals surface area contributed by atoms with E-state index >= 15 is 0 Å². The first-order valence-electron chi connectivity index (χ1n) is 9.20. The van der Waals surface area contributed by atoms with Crippen molar-refractivity contribution in [2.24, 2.45) is 0 Å². The molecule has 7 heteroatoms. The Labute approximate surface area is 158 Å². The summed E-state index contributed by atoms with van der Waals surface area (Å²) in [4.78, 5) is 18.7. The zero-order chi connectivity index (χ0) is 18.5. The van der Waals surface area contributed by atoms with Crippen molar-refractivity contribution in [3.05, 3.63) is 53.9 Å². The molecule has 0 saturated carbocycles. The van der Waals surface area contributed by atoms with Gasteiger partial charge in [0.15, 0.2) is 11.5 Å². The van der Waals surface area contributed by atoms with Crippen molar-refractivity contribution in [3.63, 3.8) is 0 Å². The van der Waals surface area contributed by atoms with Crippen molar-refractivity contribution < 1.29 is 19.0 Å². The molecule has 0 unspecified atom stereocenters. The molecule has 2 amide bonds. The number of pyridine rings is 1. The van der Waals surface area contributed by atoms with Crippen LogP contribution in [0.4, 0.5) is 4.79 Å². The average Bonchev–Trinajstić information content (AvgIpc) is 3.37. The minimum Gasteiger partial charge on any atom is -0.454 e. The molecule has 1 aromatic carbocycles. The molecule has 1 fully saturated rings. The molecule has 0 radical (unpaired) electrons. The highest BCUT2D eigenvalue weighted by Gasteiger charge is 2.23. The van der Waals surface area contributed by atoms with Crippen molar-refractivity contribution >= 4 is 6.03 Å². The number of carbonyl (C=O) groups excluding carboxylic acids is 1. The van der Waals surface area contributed by atoms with Crippen LogP contribution in [0.25, 0.3) is 0 Å². The van der Waals surface area contributed by atoms with Crippen LogP contribution in [0.5, 0.6) is 11.5 Å². The summed E-state index contributed by atoms with van der Waals surface area (Å²) >= 11 is 0. The Morgan fingerprint density at radius 2 is 2.00 bits per heavy atom. The number of nitrogens with one attached hydrogen (secondary N) is 1. The van der Waals surface area contributed by atoms with Gasteiger partial charge in [0.2, 0.25) is 6.79 Å². The Balaban J connectivity index is 1.39. The van der Waals surface area contributed by atoms with Crippen LogP contribution in [0.2, 0.25) is 0 Å². The molecule has 0 bridgehead atoms. The van der Waals surface area contributed by atoms with Gasteiger partial charge in [0.05, 0.1) is 6.10 Å². The van der Waals surface area contributed by atoms with E-state index in [2.05, 4.69) is 10.3 Å². The number of hydrogen-bond donors (Lipinski definition) is 1. The molecule has 2 aromatic rings. The van der Waals surface area contributed by atoms with Gasteiger partial charge in [-0.25, -0.2) is 4.79 Å². The van der Waals surface area contributed by atoms with E-state index < -0.39 is 0 Å². The van der Waals surface area contributed by atoms with E-state index in [0.29, 0.717) is 19.6 Å². The van der Waals surface area contributed by atoms with Crippen LogP contribution in [0.3, 0.4) is 0 Å². The van der Waals surface area contributed by atoms with Gasteiger partial charge in [-0.05, 0) is 48.2 Å². The van der Waals surface area contributed by atoms with Crippen LogP contribution in [0.15, 0.2) is 42.7 Å². The maximum Gasteiger partial charge on any atom is 0.318 e. The quantitative estimate of drug-likeness (QED) is 0.848. The van der Waals surface area contributed by atoms with Crippen LogP contribution in [0, 0.1) is 0 Å². The normalized spacial score (nSPS) is 17.7. The third-order valence-corrected chi connectivity index (χ3v) is 4.74. The standard InChI is InChI=1S/C20H23N3O4/c24-20(22-11-16-3-4-18-19(10-16)27-14-26-18)23(13-17-2-1-9-25-17)12-15-5-7-21-8-6-15/h3-8,10,17H,1-2,9,11-14H2,(H,22,24)/t17-/m1/s1. The smallest absolute Gasteiger partial charge is 0.318 e. The maximum absolute atomic E-state index is 12.8. The summed E-state index contributed by atoms with van der Waals surface area (Å²) in [6, 6.07) is 9.43. The SMILES string of the molecule is O=C(NCc1ccc2c(c1)OCO2)N(Cc1ccncc1)C[C@H]1CCCO1. The summed E-state index contributed by atoms with van der Waals surface area (Å²) < 4.78 is 16.4. The minimum absolute atomic E-state index is 0.100. The van der Waals surface area contributed by atoms with Gasteiger partial charge in [-0.3, -0.25) is 4.98 Å². The monoisotopic (exact) mass is 369 g/mol. The fourth-order valence-corrected chi connectivity index (χ4v) is 3.30. The first kappa shape index (κ1) is 17.6. The summed E-state index contributed by atoms with van der Waals surface area (Å²) in [7, 11) is 0. The molecule has 3 heterocycles. The topological polar surface area (TPSA) is 72.9 Å². The predicted molar refractivity (Wildman–Crippen MR) is 98.4 cm³/mol. The number of rotatable bonds is 6. The third-order valence-electron chi connectivity index (χ3n) is 4.74. The van der Waals surface area contributed by atoms with Gasteiger partial charge >= 0.3 is 6.03 Å². The molecule has 7 nitrogen and oxygen atoms in total. The number of hydrogen-bond acceptors (Lipinski definition) is 5. The van der Waals surface area contributed by atoms with E-state index in [1.807, 2.05) is 30.3 Å². The molecule has 1 saturated heterocycles. The van der Waals surface area contributed by atoms with Crippen molar-refractivity contribution in [2.45, 2.75) is 32.0 Å². The molecule has 142 valence electrons. The number of fused-ring (bicyclic) bond motifs is 1. The molecule has 2 aliphatic rings. The van der Waals surface area contributed by atoms with Gasteiger partial charge in [0, 0.05) is 38.6 Å². The Bertz CT molecular complexity index is 778. The first-order valence-corrected chi connectivity index (χ1v) is 9.20. The Morgan fingerprint density at radius 3 is 2.81 bits per heavy atom. The van der Waals surface area contributed by atoms with Crippen LogP contribution in [0.1, 0.15) is 24.0 Å². The van der Waals surface area contributed by atoms with Crippen LogP contribution < -0.4 is 14.8 Å². The second-order valence-electron chi connectivity index (χ2n) is 6.72. The molecule has 1 aromatic heterocycles. The van der Waals surface area contributed by atoms with E-state index in [4.69, 9.17) is 14.2 Å². The van der Waals surface area contributed by atoms with Crippen LogP contribution in [-0.4, -0.2) is 42.0 Å². The van der Waals surface area contributed by atoms with E-state index in [1.54, 1.807) is 17.3 Å². The highest BCUT2D eigenvalue weighted by atomic mass is 16.7. The number of ether oxygens (including phenoxy) is 3.